The van der Waals surface area contributed by atoms with E-state index in [9.17, 15) is 22.3 Å². The molecule has 4 nitrogen and oxygen atoms in total. The molecule has 7 heteroatoms. The van der Waals surface area contributed by atoms with Crippen molar-refractivity contribution in [2.45, 2.75) is 4.90 Å². The molecule has 19 heavy (non-hydrogen) atoms. The van der Waals surface area contributed by atoms with Crippen LogP contribution in [0.5, 0.6) is 5.75 Å². The Labute approximate surface area is 108 Å². The van der Waals surface area contributed by atoms with Crippen molar-refractivity contribution in [2.24, 2.45) is 0 Å². The number of phenols is 1. The predicted octanol–water partition coefficient (Wildman–Crippen LogP) is 2.47. The zero-order valence-corrected chi connectivity index (χ0v) is 10.3. The third-order valence-corrected chi connectivity index (χ3v) is 3.70. The highest BCUT2D eigenvalue weighted by molar-refractivity contribution is 7.92. The molecule has 0 saturated carbocycles. The van der Waals surface area contributed by atoms with E-state index in [0.717, 1.165) is 12.1 Å². The van der Waals surface area contributed by atoms with Gasteiger partial charge in [0, 0.05) is 6.07 Å². The summed E-state index contributed by atoms with van der Waals surface area (Å²) in [6, 6.07) is 7.53. The van der Waals surface area contributed by atoms with E-state index < -0.39 is 27.4 Å². The molecule has 0 atom stereocenters. The van der Waals surface area contributed by atoms with Crippen LogP contribution in [0.2, 0.25) is 0 Å². The van der Waals surface area contributed by atoms with Gasteiger partial charge in [0.1, 0.15) is 22.3 Å². The first-order valence-electron chi connectivity index (χ1n) is 5.15. The van der Waals surface area contributed by atoms with Gasteiger partial charge in [-0.05, 0) is 24.3 Å². The van der Waals surface area contributed by atoms with Crippen LogP contribution in [-0.4, -0.2) is 13.5 Å². The van der Waals surface area contributed by atoms with Crippen molar-refractivity contribution in [1.82, 2.24) is 0 Å². The molecule has 0 fully saturated rings. The van der Waals surface area contributed by atoms with Crippen LogP contribution in [0, 0.1) is 11.6 Å². The Morgan fingerprint density at radius 1 is 1.00 bits per heavy atom. The maximum atomic E-state index is 13.0. The Kier molecular flexibility index (Phi) is 3.39. The third kappa shape index (κ3) is 3.00. The van der Waals surface area contributed by atoms with Crippen LogP contribution in [-0.2, 0) is 10.0 Å². The van der Waals surface area contributed by atoms with Gasteiger partial charge in [0.25, 0.3) is 10.0 Å². The summed E-state index contributed by atoms with van der Waals surface area (Å²) in [6.07, 6.45) is 0. The normalized spacial score (nSPS) is 11.3. The molecular weight excluding hydrogens is 276 g/mol. The van der Waals surface area contributed by atoms with Gasteiger partial charge in [0.2, 0.25) is 0 Å². The number of aromatic hydroxyl groups is 1. The Morgan fingerprint density at radius 3 is 2.16 bits per heavy atom. The quantitative estimate of drug-likeness (QED) is 0.910. The van der Waals surface area contributed by atoms with E-state index in [1.54, 1.807) is 0 Å². The number of para-hydroxylation sites is 1. The number of phenolic OH excluding ortho intramolecular Hbond substituents is 1. The van der Waals surface area contributed by atoms with Crippen LogP contribution < -0.4 is 4.72 Å². The molecule has 0 unspecified atom stereocenters. The number of benzene rings is 2. The first kappa shape index (κ1) is 13.3. The van der Waals surface area contributed by atoms with E-state index in [-0.39, 0.29) is 10.6 Å². The molecule has 0 saturated heterocycles. The van der Waals surface area contributed by atoms with E-state index in [0.29, 0.717) is 6.07 Å². The summed E-state index contributed by atoms with van der Waals surface area (Å²) >= 11 is 0. The second-order valence-corrected chi connectivity index (χ2v) is 5.38. The zero-order chi connectivity index (χ0) is 14.0. The highest BCUT2D eigenvalue weighted by Crippen LogP contribution is 2.24. The van der Waals surface area contributed by atoms with Gasteiger partial charge in [0.05, 0.1) is 5.69 Å². The maximum Gasteiger partial charge on any atom is 0.265 e. The van der Waals surface area contributed by atoms with Crippen molar-refractivity contribution in [2.75, 3.05) is 4.72 Å². The van der Waals surface area contributed by atoms with Gasteiger partial charge >= 0.3 is 0 Å². The lowest BCUT2D eigenvalue weighted by molar-refractivity contribution is 0.459. The number of sulfonamides is 1. The second-order valence-electron chi connectivity index (χ2n) is 3.73. The van der Waals surface area contributed by atoms with Crippen molar-refractivity contribution < 1.29 is 22.3 Å². The molecular formula is C12H9F2NO3S. The van der Waals surface area contributed by atoms with Gasteiger partial charge in [-0.2, -0.15) is 0 Å². The van der Waals surface area contributed by atoms with E-state index in [2.05, 4.69) is 0 Å². The molecule has 0 radical (unpaired) electrons. The van der Waals surface area contributed by atoms with Crippen LogP contribution in [0.15, 0.2) is 47.4 Å². The highest BCUT2D eigenvalue weighted by Gasteiger charge is 2.18. The number of hydrogen-bond acceptors (Lipinski definition) is 3. The maximum absolute atomic E-state index is 13.0. The molecule has 0 aliphatic carbocycles. The van der Waals surface area contributed by atoms with Crippen molar-refractivity contribution in [3.05, 3.63) is 54.1 Å². The van der Waals surface area contributed by atoms with Crippen LogP contribution in [0.25, 0.3) is 0 Å². The van der Waals surface area contributed by atoms with E-state index in [4.69, 9.17) is 0 Å². The van der Waals surface area contributed by atoms with Crippen LogP contribution in [0.4, 0.5) is 14.5 Å². The van der Waals surface area contributed by atoms with Gasteiger partial charge in [-0.25, -0.2) is 17.2 Å². The lowest BCUT2D eigenvalue weighted by atomic mass is 10.3. The molecule has 0 bridgehead atoms. The third-order valence-electron chi connectivity index (χ3n) is 2.27. The predicted molar refractivity (Wildman–Crippen MR) is 65.3 cm³/mol. The molecule has 2 rings (SSSR count). The van der Waals surface area contributed by atoms with Crippen molar-refractivity contribution in [3.8, 4) is 5.75 Å². The van der Waals surface area contributed by atoms with Gasteiger partial charge < -0.3 is 5.11 Å². The molecule has 0 amide bonds. The zero-order valence-electron chi connectivity index (χ0n) is 9.47. The van der Waals surface area contributed by atoms with Crippen LogP contribution in [0.1, 0.15) is 0 Å². The van der Waals surface area contributed by atoms with Gasteiger partial charge in [0.15, 0.2) is 0 Å². The molecule has 0 aliphatic heterocycles. The van der Waals surface area contributed by atoms with E-state index >= 15 is 0 Å². The average molecular weight is 285 g/mol. The van der Waals surface area contributed by atoms with Crippen molar-refractivity contribution in [1.29, 1.82) is 0 Å². The number of anilines is 1. The second kappa shape index (κ2) is 4.85. The lowest BCUT2D eigenvalue weighted by Gasteiger charge is -2.09. The fraction of sp³-hybridized carbons (Fsp3) is 0. The van der Waals surface area contributed by atoms with Crippen LogP contribution >= 0.6 is 0 Å². The minimum Gasteiger partial charge on any atom is -0.507 e. The Morgan fingerprint density at radius 2 is 1.58 bits per heavy atom. The summed E-state index contributed by atoms with van der Waals surface area (Å²) in [5.74, 6) is -2.27. The highest BCUT2D eigenvalue weighted by atomic mass is 32.2. The smallest absolute Gasteiger partial charge is 0.265 e. The molecule has 2 N–H and O–H groups in total. The van der Waals surface area contributed by atoms with Crippen molar-refractivity contribution >= 4 is 15.7 Å². The fourth-order valence-electron chi connectivity index (χ4n) is 1.51. The minimum absolute atomic E-state index is 0.263. The summed E-state index contributed by atoms with van der Waals surface area (Å²) in [6.45, 7) is 0. The number of hydrogen-bond donors (Lipinski definition) is 2. The summed E-state index contributed by atoms with van der Waals surface area (Å²) in [5.41, 5.74) is -0.263. The monoisotopic (exact) mass is 285 g/mol. The molecule has 2 aromatic carbocycles. The summed E-state index contributed by atoms with van der Waals surface area (Å²) in [5, 5.41) is 9.47. The summed E-state index contributed by atoms with van der Waals surface area (Å²) < 4.78 is 51.8. The van der Waals surface area contributed by atoms with Crippen molar-refractivity contribution in [3.63, 3.8) is 0 Å². The number of rotatable bonds is 3. The van der Waals surface area contributed by atoms with E-state index in [1.807, 2.05) is 4.72 Å². The minimum atomic E-state index is -4.11. The first-order chi connectivity index (χ1) is 8.88. The van der Waals surface area contributed by atoms with Gasteiger partial charge in [-0.15, -0.1) is 0 Å². The lowest BCUT2D eigenvalue weighted by Crippen LogP contribution is -2.13. The molecule has 2 aromatic rings. The number of halogens is 2. The molecule has 0 aromatic heterocycles. The molecule has 0 heterocycles. The fourth-order valence-corrected chi connectivity index (χ4v) is 2.65. The van der Waals surface area contributed by atoms with Gasteiger partial charge in [-0.3, -0.25) is 4.72 Å². The standard InChI is InChI=1S/C12H9F2NO3S/c13-8-5-9(14)7-10(6-8)15-19(17,18)12-4-2-1-3-11(12)16/h1-7,15-16H. The topological polar surface area (TPSA) is 66.4 Å². The first-order valence-corrected chi connectivity index (χ1v) is 6.64. The Hall–Kier alpha value is -2.15. The Bertz CT molecular complexity index is 696. The average Bonchev–Trinajstić information content (AvgIpc) is 2.26. The molecule has 100 valence electrons. The van der Waals surface area contributed by atoms with E-state index in [1.165, 1.54) is 24.3 Å². The number of nitrogens with one attached hydrogen (secondary N) is 1. The summed E-state index contributed by atoms with van der Waals surface area (Å²) in [4.78, 5) is -0.375. The SMILES string of the molecule is O=S(=O)(Nc1cc(F)cc(F)c1)c1ccccc1O. The Balaban J connectivity index is 2.39. The van der Waals surface area contributed by atoms with Gasteiger partial charge in [-0.1, -0.05) is 12.1 Å². The molecule has 0 spiro atoms. The largest absolute Gasteiger partial charge is 0.507 e. The summed E-state index contributed by atoms with van der Waals surface area (Å²) in [7, 11) is -4.11. The molecule has 0 aliphatic rings. The van der Waals surface area contributed by atoms with Crippen LogP contribution in [0.3, 0.4) is 0 Å².